The Morgan fingerprint density at radius 3 is 2.52 bits per heavy atom. The summed E-state index contributed by atoms with van der Waals surface area (Å²) >= 11 is 0. The quantitative estimate of drug-likeness (QED) is 0.619. The first-order chi connectivity index (χ1) is 15.0. The van der Waals surface area contributed by atoms with Crippen molar-refractivity contribution in [3.8, 4) is 17.0 Å². The molecule has 0 saturated carbocycles. The van der Waals surface area contributed by atoms with Gasteiger partial charge >= 0.3 is 0 Å². The topological polar surface area (TPSA) is 84.4 Å². The molecule has 1 saturated heterocycles. The second-order valence-electron chi connectivity index (χ2n) is 7.31. The highest BCUT2D eigenvalue weighted by Crippen LogP contribution is 2.28. The molecule has 1 fully saturated rings. The zero-order valence-corrected chi connectivity index (χ0v) is 17.9. The Morgan fingerprint density at radius 1 is 1.00 bits per heavy atom. The van der Waals surface area contributed by atoms with Gasteiger partial charge in [-0.1, -0.05) is 12.1 Å². The molecule has 1 aliphatic heterocycles. The Hall–Kier alpha value is -3.20. The molecule has 3 aromatic rings. The SMILES string of the molecule is COc1ccc(F)cc1S(=O)(=O)Nc1cccc(-c2ccc(N3CCCCC3)nn2)c1. The molecule has 7 nitrogen and oxygen atoms in total. The minimum atomic E-state index is -4.06. The molecule has 0 aliphatic carbocycles. The van der Waals surface area contributed by atoms with Crippen molar-refractivity contribution in [3.05, 3.63) is 60.4 Å². The Labute approximate surface area is 180 Å². The third-order valence-corrected chi connectivity index (χ3v) is 6.56. The minimum absolute atomic E-state index is 0.0595. The summed E-state index contributed by atoms with van der Waals surface area (Å²) in [4.78, 5) is 1.95. The van der Waals surface area contributed by atoms with Crippen LogP contribution in [0.1, 0.15) is 19.3 Å². The van der Waals surface area contributed by atoms with E-state index in [4.69, 9.17) is 4.74 Å². The Balaban J connectivity index is 1.57. The van der Waals surface area contributed by atoms with Crippen molar-refractivity contribution in [2.45, 2.75) is 24.2 Å². The summed E-state index contributed by atoms with van der Waals surface area (Å²) in [5.74, 6) is 0.238. The first-order valence-electron chi connectivity index (χ1n) is 10.0. The molecule has 0 atom stereocenters. The van der Waals surface area contributed by atoms with Crippen LogP contribution in [-0.2, 0) is 10.0 Å². The van der Waals surface area contributed by atoms with Gasteiger partial charge in [-0.15, -0.1) is 10.2 Å². The maximum absolute atomic E-state index is 13.6. The number of halogens is 1. The van der Waals surface area contributed by atoms with E-state index in [0.717, 1.165) is 43.9 Å². The summed E-state index contributed by atoms with van der Waals surface area (Å²) in [6, 6.07) is 14.0. The molecule has 0 amide bonds. The number of benzene rings is 2. The molecule has 0 unspecified atom stereocenters. The molecule has 2 heterocycles. The number of sulfonamides is 1. The number of nitrogens with one attached hydrogen (secondary N) is 1. The molecular formula is C22H23FN4O3S. The van der Waals surface area contributed by atoms with Gasteiger partial charge in [0.1, 0.15) is 16.5 Å². The summed E-state index contributed by atoms with van der Waals surface area (Å²) in [6.07, 6.45) is 3.55. The minimum Gasteiger partial charge on any atom is -0.495 e. The van der Waals surface area contributed by atoms with Crippen molar-refractivity contribution in [2.24, 2.45) is 0 Å². The van der Waals surface area contributed by atoms with Crippen LogP contribution in [-0.4, -0.2) is 38.8 Å². The van der Waals surface area contributed by atoms with Crippen molar-refractivity contribution in [1.29, 1.82) is 0 Å². The highest BCUT2D eigenvalue weighted by molar-refractivity contribution is 7.92. The highest BCUT2D eigenvalue weighted by atomic mass is 32.2. The molecule has 2 aromatic carbocycles. The van der Waals surface area contributed by atoms with Crippen LogP contribution in [0.3, 0.4) is 0 Å². The first-order valence-corrected chi connectivity index (χ1v) is 11.5. The fourth-order valence-electron chi connectivity index (χ4n) is 3.58. The van der Waals surface area contributed by atoms with E-state index in [1.165, 1.54) is 19.6 Å². The lowest BCUT2D eigenvalue weighted by Gasteiger charge is -2.27. The van der Waals surface area contributed by atoms with Gasteiger partial charge in [0.2, 0.25) is 0 Å². The molecule has 1 aromatic heterocycles. The zero-order valence-electron chi connectivity index (χ0n) is 17.1. The third-order valence-electron chi connectivity index (χ3n) is 5.16. The first kappa shape index (κ1) is 21.0. The predicted octanol–water partition coefficient (Wildman–Crippen LogP) is 4.08. The molecule has 162 valence electrons. The van der Waals surface area contributed by atoms with Gasteiger partial charge in [0.15, 0.2) is 5.82 Å². The number of rotatable bonds is 6. The van der Waals surface area contributed by atoms with Crippen LogP contribution in [0, 0.1) is 5.82 Å². The normalized spacial score (nSPS) is 14.3. The van der Waals surface area contributed by atoms with E-state index in [9.17, 15) is 12.8 Å². The Kier molecular flexibility index (Phi) is 6.03. The third kappa shape index (κ3) is 4.77. The van der Waals surface area contributed by atoms with Crippen molar-refractivity contribution in [1.82, 2.24) is 10.2 Å². The molecule has 0 bridgehead atoms. The lowest BCUT2D eigenvalue weighted by atomic mass is 10.1. The maximum Gasteiger partial charge on any atom is 0.265 e. The maximum atomic E-state index is 13.6. The van der Waals surface area contributed by atoms with Gasteiger partial charge in [-0.3, -0.25) is 4.72 Å². The summed E-state index contributed by atoms with van der Waals surface area (Å²) in [7, 11) is -2.72. The van der Waals surface area contributed by atoms with Crippen LogP contribution >= 0.6 is 0 Å². The molecule has 1 N–H and O–H groups in total. The van der Waals surface area contributed by atoms with Crippen molar-refractivity contribution < 1.29 is 17.5 Å². The van der Waals surface area contributed by atoms with E-state index in [0.29, 0.717) is 16.9 Å². The van der Waals surface area contributed by atoms with Gasteiger partial charge in [0.25, 0.3) is 10.0 Å². The largest absolute Gasteiger partial charge is 0.495 e. The lowest BCUT2D eigenvalue weighted by molar-refractivity contribution is 0.401. The number of methoxy groups -OCH3 is 1. The second-order valence-corrected chi connectivity index (χ2v) is 8.96. The van der Waals surface area contributed by atoms with Crippen molar-refractivity contribution >= 4 is 21.5 Å². The lowest BCUT2D eigenvalue weighted by Crippen LogP contribution is -2.30. The molecule has 31 heavy (non-hydrogen) atoms. The number of nitrogens with zero attached hydrogens (tertiary/aromatic N) is 3. The van der Waals surface area contributed by atoms with Gasteiger partial charge in [-0.25, -0.2) is 12.8 Å². The average molecular weight is 443 g/mol. The van der Waals surface area contributed by atoms with Crippen molar-refractivity contribution in [3.63, 3.8) is 0 Å². The van der Waals surface area contributed by atoms with E-state index >= 15 is 0 Å². The van der Waals surface area contributed by atoms with Gasteiger partial charge in [-0.05, 0) is 61.7 Å². The van der Waals surface area contributed by atoms with E-state index < -0.39 is 15.8 Å². The van der Waals surface area contributed by atoms with Crippen LogP contribution < -0.4 is 14.4 Å². The number of aromatic nitrogens is 2. The molecule has 9 heteroatoms. The van der Waals surface area contributed by atoms with Gasteiger partial charge in [-0.2, -0.15) is 0 Å². The van der Waals surface area contributed by atoms with Gasteiger partial charge in [0, 0.05) is 24.3 Å². The Bertz CT molecular complexity index is 1160. The predicted molar refractivity (Wildman–Crippen MR) is 117 cm³/mol. The number of anilines is 2. The molecule has 4 rings (SSSR count). The molecule has 1 aliphatic rings. The number of hydrogen-bond donors (Lipinski definition) is 1. The van der Waals surface area contributed by atoms with Crippen molar-refractivity contribution in [2.75, 3.05) is 29.8 Å². The van der Waals surface area contributed by atoms with Crippen LogP contribution in [0.5, 0.6) is 5.75 Å². The van der Waals surface area contributed by atoms with Gasteiger partial charge in [0.05, 0.1) is 12.8 Å². The summed E-state index contributed by atoms with van der Waals surface area (Å²) in [5.41, 5.74) is 1.67. The Morgan fingerprint density at radius 2 is 1.81 bits per heavy atom. The second kappa shape index (κ2) is 8.89. The molecular weight excluding hydrogens is 419 g/mol. The fraction of sp³-hybridized carbons (Fsp3) is 0.273. The summed E-state index contributed by atoms with van der Waals surface area (Å²) in [5, 5.41) is 8.66. The summed E-state index contributed by atoms with van der Waals surface area (Å²) < 4.78 is 46.8. The standard InChI is InChI=1S/C22H23FN4O3S/c1-30-20-10-8-17(23)15-21(20)31(28,29)26-18-7-5-6-16(14-18)19-9-11-22(25-24-19)27-12-3-2-4-13-27/h5-11,14-15,26H,2-4,12-13H2,1H3. The molecule has 0 spiro atoms. The van der Waals surface area contributed by atoms with E-state index in [-0.39, 0.29) is 10.6 Å². The fourth-order valence-corrected chi connectivity index (χ4v) is 4.81. The number of piperidine rings is 1. The van der Waals surface area contributed by atoms with E-state index in [1.807, 2.05) is 18.2 Å². The zero-order chi connectivity index (χ0) is 21.8. The monoisotopic (exact) mass is 442 g/mol. The summed E-state index contributed by atoms with van der Waals surface area (Å²) in [6.45, 7) is 1.96. The highest BCUT2D eigenvalue weighted by Gasteiger charge is 2.21. The van der Waals surface area contributed by atoms with Crippen LogP contribution in [0.2, 0.25) is 0 Å². The van der Waals surface area contributed by atoms with E-state index in [2.05, 4.69) is 19.8 Å². The molecule has 0 radical (unpaired) electrons. The number of hydrogen-bond acceptors (Lipinski definition) is 6. The van der Waals surface area contributed by atoms with Gasteiger partial charge < -0.3 is 9.64 Å². The van der Waals surface area contributed by atoms with Crippen LogP contribution in [0.25, 0.3) is 11.3 Å². The van der Waals surface area contributed by atoms with Crippen LogP contribution in [0.4, 0.5) is 15.9 Å². The number of ether oxygens (including phenoxy) is 1. The van der Waals surface area contributed by atoms with Crippen LogP contribution in [0.15, 0.2) is 59.5 Å². The average Bonchev–Trinajstić information content (AvgIpc) is 2.80. The smallest absolute Gasteiger partial charge is 0.265 e. The van der Waals surface area contributed by atoms with E-state index in [1.54, 1.807) is 18.2 Å².